The highest BCUT2D eigenvalue weighted by atomic mass is 16.5. The Labute approximate surface area is 114 Å². The van der Waals surface area contributed by atoms with Gasteiger partial charge in [0.25, 0.3) is 0 Å². The third kappa shape index (κ3) is 2.87. The molecule has 0 amide bonds. The van der Waals surface area contributed by atoms with E-state index in [4.69, 9.17) is 4.74 Å². The number of aryl methyl sites for hydroxylation is 1. The second-order valence-corrected chi connectivity index (χ2v) is 5.27. The molecule has 1 aromatic rings. The summed E-state index contributed by atoms with van der Waals surface area (Å²) in [5.41, 5.74) is 1.06. The summed E-state index contributed by atoms with van der Waals surface area (Å²) in [6.07, 6.45) is 2.17. The van der Waals surface area contributed by atoms with Crippen molar-refractivity contribution in [1.29, 1.82) is 0 Å². The van der Waals surface area contributed by atoms with Crippen LogP contribution in [0.4, 0.5) is 5.82 Å². The summed E-state index contributed by atoms with van der Waals surface area (Å²) in [5.74, 6) is 1.02. The van der Waals surface area contributed by atoms with E-state index in [0.717, 1.165) is 57.3 Å². The molecule has 0 N–H and O–H groups in total. The van der Waals surface area contributed by atoms with Crippen LogP contribution < -0.4 is 4.90 Å². The lowest BCUT2D eigenvalue weighted by molar-refractivity contribution is 0.0209. The van der Waals surface area contributed by atoms with Gasteiger partial charge in [-0.3, -0.25) is 4.90 Å². The standard InChI is InChI=1S/C14H22N4O/c1-2-12-3-4-14(16-15-12)18-6-5-13(11-18)17-7-9-19-10-8-17/h3-4,13H,2,5-11H2,1H3. The fourth-order valence-electron chi connectivity index (χ4n) is 2.90. The molecule has 0 radical (unpaired) electrons. The Kier molecular flexibility index (Phi) is 3.94. The Morgan fingerprint density at radius 3 is 2.74 bits per heavy atom. The number of ether oxygens (including phenoxy) is 1. The van der Waals surface area contributed by atoms with Gasteiger partial charge in [0.15, 0.2) is 5.82 Å². The molecule has 0 spiro atoms. The van der Waals surface area contributed by atoms with Gasteiger partial charge in [-0.25, -0.2) is 0 Å². The minimum absolute atomic E-state index is 0.650. The molecule has 0 saturated carbocycles. The molecule has 0 aliphatic carbocycles. The van der Waals surface area contributed by atoms with Crippen LogP contribution in [0.15, 0.2) is 12.1 Å². The molecule has 1 unspecified atom stereocenters. The summed E-state index contributed by atoms with van der Waals surface area (Å²) in [4.78, 5) is 4.91. The van der Waals surface area contributed by atoms with E-state index in [1.165, 1.54) is 6.42 Å². The van der Waals surface area contributed by atoms with Crippen molar-refractivity contribution in [3.63, 3.8) is 0 Å². The van der Waals surface area contributed by atoms with E-state index in [-0.39, 0.29) is 0 Å². The van der Waals surface area contributed by atoms with Gasteiger partial charge in [0.1, 0.15) is 0 Å². The summed E-state index contributed by atoms with van der Waals surface area (Å²) in [6.45, 7) is 8.15. The third-order valence-electron chi connectivity index (χ3n) is 4.12. The van der Waals surface area contributed by atoms with Gasteiger partial charge in [-0.05, 0) is 25.0 Å². The molecule has 5 heteroatoms. The Hall–Kier alpha value is -1.20. The SMILES string of the molecule is CCc1ccc(N2CCC(N3CCOCC3)C2)nn1. The van der Waals surface area contributed by atoms with Crippen molar-refractivity contribution in [2.24, 2.45) is 0 Å². The second kappa shape index (κ2) is 5.84. The number of anilines is 1. The molecule has 0 bridgehead atoms. The molecule has 2 aliphatic rings. The van der Waals surface area contributed by atoms with Crippen LogP contribution in [0.5, 0.6) is 0 Å². The zero-order chi connectivity index (χ0) is 13.1. The highest BCUT2D eigenvalue weighted by molar-refractivity contribution is 5.39. The normalized spacial score (nSPS) is 24.9. The van der Waals surface area contributed by atoms with Crippen LogP contribution in [0, 0.1) is 0 Å². The maximum absolute atomic E-state index is 5.42. The van der Waals surface area contributed by atoms with Crippen molar-refractivity contribution in [3.05, 3.63) is 17.8 Å². The summed E-state index contributed by atoms with van der Waals surface area (Å²) in [6, 6.07) is 4.84. The van der Waals surface area contributed by atoms with Gasteiger partial charge in [0, 0.05) is 32.2 Å². The van der Waals surface area contributed by atoms with Crippen LogP contribution in [0.3, 0.4) is 0 Å². The molecule has 3 heterocycles. The Bertz CT molecular complexity index is 402. The zero-order valence-electron chi connectivity index (χ0n) is 11.6. The van der Waals surface area contributed by atoms with Crippen molar-refractivity contribution in [1.82, 2.24) is 15.1 Å². The number of hydrogen-bond donors (Lipinski definition) is 0. The van der Waals surface area contributed by atoms with E-state index in [9.17, 15) is 0 Å². The first-order valence-electron chi connectivity index (χ1n) is 7.26. The maximum Gasteiger partial charge on any atom is 0.151 e. The summed E-state index contributed by atoms with van der Waals surface area (Å²) in [5, 5.41) is 8.60. The van der Waals surface area contributed by atoms with Crippen molar-refractivity contribution in [2.75, 3.05) is 44.3 Å². The smallest absolute Gasteiger partial charge is 0.151 e. The molecule has 19 heavy (non-hydrogen) atoms. The molecule has 2 fully saturated rings. The molecule has 3 rings (SSSR count). The number of rotatable bonds is 3. The van der Waals surface area contributed by atoms with Crippen molar-refractivity contribution in [2.45, 2.75) is 25.8 Å². The molecule has 1 aromatic heterocycles. The molecule has 104 valence electrons. The van der Waals surface area contributed by atoms with Crippen LogP contribution in [-0.2, 0) is 11.2 Å². The minimum Gasteiger partial charge on any atom is -0.379 e. The monoisotopic (exact) mass is 262 g/mol. The van der Waals surface area contributed by atoms with Crippen LogP contribution >= 0.6 is 0 Å². The maximum atomic E-state index is 5.42. The van der Waals surface area contributed by atoms with E-state index in [1.807, 2.05) is 0 Å². The molecule has 0 aromatic carbocycles. The van der Waals surface area contributed by atoms with Gasteiger partial charge >= 0.3 is 0 Å². The largest absolute Gasteiger partial charge is 0.379 e. The predicted octanol–water partition coefficient (Wildman–Crippen LogP) is 0.950. The van der Waals surface area contributed by atoms with Crippen LogP contribution in [0.2, 0.25) is 0 Å². The zero-order valence-corrected chi connectivity index (χ0v) is 11.6. The molecule has 2 aliphatic heterocycles. The topological polar surface area (TPSA) is 41.5 Å². The van der Waals surface area contributed by atoms with Gasteiger partial charge in [0.05, 0.1) is 18.9 Å². The highest BCUT2D eigenvalue weighted by Crippen LogP contribution is 2.21. The Morgan fingerprint density at radius 2 is 2.05 bits per heavy atom. The van der Waals surface area contributed by atoms with E-state index >= 15 is 0 Å². The first-order chi connectivity index (χ1) is 9.36. The van der Waals surface area contributed by atoms with E-state index in [1.54, 1.807) is 0 Å². The van der Waals surface area contributed by atoms with Gasteiger partial charge in [-0.1, -0.05) is 6.92 Å². The van der Waals surface area contributed by atoms with Crippen LogP contribution in [0.1, 0.15) is 19.0 Å². The molecule has 1 atom stereocenters. The molecule has 2 saturated heterocycles. The van der Waals surface area contributed by atoms with Crippen molar-refractivity contribution in [3.8, 4) is 0 Å². The molecule has 5 nitrogen and oxygen atoms in total. The van der Waals surface area contributed by atoms with Crippen molar-refractivity contribution < 1.29 is 4.74 Å². The van der Waals surface area contributed by atoms with Gasteiger partial charge in [0.2, 0.25) is 0 Å². The number of nitrogens with zero attached hydrogens (tertiary/aromatic N) is 4. The number of aromatic nitrogens is 2. The summed E-state index contributed by atoms with van der Waals surface area (Å²) >= 11 is 0. The lowest BCUT2D eigenvalue weighted by Gasteiger charge is -2.32. The second-order valence-electron chi connectivity index (χ2n) is 5.27. The van der Waals surface area contributed by atoms with E-state index < -0.39 is 0 Å². The van der Waals surface area contributed by atoms with Crippen LogP contribution in [0.25, 0.3) is 0 Å². The fourth-order valence-corrected chi connectivity index (χ4v) is 2.90. The average Bonchev–Trinajstić information content (AvgIpc) is 2.98. The predicted molar refractivity (Wildman–Crippen MR) is 74.4 cm³/mol. The first-order valence-corrected chi connectivity index (χ1v) is 7.26. The van der Waals surface area contributed by atoms with Crippen molar-refractivity contribution >= 4 is 5.82 Å². The average molecular weight is 262 g/mol. The van der Waals surface area contributed by atoms with Crippen LogP contribution in [-0.4, -0.2) is 60.5 Å². The van der Waals surface area contributed by atoms with Gasteiger partial charge < -0.3 is 9.64 Å². The molecular weight excluding hydrogens is 240 g/mol. The van der Waals surface area contributed by atoms with E-state index in [2.05, 4.69) is 39.1 Å². The lowest BCUT2D eigenvalue weighted by Crippen LogP contribution is -2.44. The first kappa shape index (κ1) is 12.8. The number of morpholine rings is 1. The highest BCUT2D eigenvalue weighted by Gasteiger charge is 2.29. The quantitative estimate of drug-likeness (QED) is 0.811. The Balaban J connectivity index is 1.61. The third-order valence-corrected chi connectivity index (χ3v) is 4.12. The Morgan fingerprint density at radius 1 is 1.21 bits per heavy atom. The fraction of sp³-hybridized carbons (Fsp3) is 0.714. The lowest BCUT2D eigenvalue weighted by atomic mass is 10.2. The summed E-state index contributed by atoms with van der Waals surface area (Å²) < 4.78 is 5.42. The molecular formula is C14H22N4O. The summed E-state index contributed by atoms with van der Waals surface area (Å²) in [7, 11) is 0. The van der Waals surface area contributed by atoms with E-state index in [0.29, 0.717) is 6.04 Å². The van der Waals surface area contributed by atoms with Gasteiger partial charge in [-0.2, -0.15) is 5.10 Å². The minimum atomic E-state index is 0.650. The number of hydrogen-bond acceptors (Lipinski definition) is 5. The van der Waals surface area contributed by atoms with Gasteiger partial charge in [-0.15, -0.1) is 5.10 Å².